The Morgan fingerprint density at radius 3 is 2.48 bits per heavy atom. The standard InChI is InChI=1S/C13H24N6O6S2/c1-6(20)11(7(2)21)19-27(23,24)18-9(4-10(15)22)13-16-12(17-25-13)8(14)5-26-3/h6,8-9,11,18-20H,4-5,14H2,1-3H3,(H2,15,22)/t6?,8-,9-,11-/m0/s1. The molecule has 1 unspecified atom stereocenters. The number of nitrogens with two attached hydrogens (primary N) is 2. The van der Waals surface area contributed by atoms with Crippen LogP contribution in [0, 0.1) is 0 Å². The van der Waals surface area contributed by atoms with E-state index >= 15 is 0 Å². The van der Waals surface area contributed by atoms with E-state index in [2.05, 4.69) is 14.9 Å². The average Bonchev–Trinajstić information content (AvgIpc) is 3.01. The first-order chi connectivity index (χ1) is 12.5. The maximum atomic E-state index is 12.3. The van der Waals surface area contributed by atoms with Crippen molar-refractivity contribution in [3.63, 3.8) is 0 Å². The minimum absolute atomic E-state index is 0.145. The Bertz CT molecular complexity index is 752. The molecule has 0 aliphatic carbocycles. The SMILES string of the molecule is CSC[C@H](N)c1noc([C@H](CC(N)=O)NS(=O)(=O)N[C@H](C(C)=O)C(C)O)n1. The van der Waals surface area contributed by atoms with Gasteiger partial charge in [-0.3, -0.25) is 9.59 Å². The van der Waals surface area contributed by atoms with Crippen molar-refractivity contribution in [2.75, 3.05) is 12.0 Å². The number of rotatable bonds is 12. The number of ketones is 1. The van der Waals surface area contributed by atoms with E-state index in [4.69, 9.17) is 16.0 Å². The molecule has 0 aliphatic heterocycles. The maximum Gasteiger partial charge on any atom is 0.278 e. The van der Waals surface area contributed by atoms with Gasteiger partial charge in [0.05, 0.1) is 18.6 Å². The fourth-order valence-electron chi connectivity index (χ4n) is 2.08. The van der Waals surface area contributed by atoms with Gasteiger partial charge < -0.3 is 21.1 Å². The molecule has 0 spiro atoms. The largest absolute Gasteiger partial charge is 0.391 e. The van der Waals surface area contributed by atoms with Gasteiger partial charge in [0.1, 0.15) is 17.9 Å². The number of aliphatic hydroxyl groups excluding tert-OH is 1. The Balaban J connectivity index is 3.04. The Labute approximate surface area is 161 Å². The highest BCUT2D eigenvalue weighted by atomic mass is 32.2. The van der Waals surface area contributed by atoms with Crippen molar-refractivity contribution in [2.45, 2.75) is 44.5 Å². The van der Waals surface area contributed by atoms with E-state index in [0.29, 0.717) is 5.75 Å². The predicted octanol–water partition coefficient (Wildman–Crippen LogP) is -1.89. The summed E-state index contributed by atoms with van der Waals surface area (Å²) in [6.07, 6.45) is 0.0948. The summed E-state index contributed by atoms with van der Waals surface area (Å²) in [6.45, 7) is 2.38. The highest BCUT2D eigenvalue weighted by Crippen LogP contribution is 2.19. The van der Waals surface area contributed by atoms with Gasteiger partial charge in [0.25, 0.3) is 10.2 Å². The van der Waals surface area contributed by atoms with Gasteiger partial charge >= 0.3 is 0 Å². The lowest BCUT2D eigenvalue weighted by molar-refractivity contribution is -0.121. The predicted molar refractivity (Wildman–Crippen MR) is 97.5 cm³/mol. The van der Waals surface area contributed by atoms with E-state index in [1.165, 1.54) is 18.7 Å². The molecule has 27 heavy (non-hydrogen) atoms. The smallest absolute Gasteiger partial charge is 0.278 e. The number of Topliss-reactive ketones (excluding diaryl/α,β-unsaturated/α-hetero) is 1. The van der Waals surface area contributed by atoms with Crippen LogP contribution in [0.5, 0.6) is 0 Å². The summed E-state index contributed by atoms with van der Waals surface area (Å²) in [5, 5.41) is 13.2. The number of carbonyl (C=O) groups is 2. The second kappa shape index (κ2) is 10.1. The molecule has 14 heteroatoms. The summed E-state index contributed by atoms with van der Waals surface area (Å²) in [7, 11) is -4.34. The van der Waals surface area contributed by atoms with Crippen LogP contribution >= 0.6 is 11.8 Å². The van der Waals surface area contributed by atoms with E-state index in [9.17, 15) is 23.1 Å². The first kappa shape index (κ1) is 23.5. The van der Waals surface area contributed by atoms with Crippen LogP contribution in [0.25, 0.3) is 0 Å². The van der Waals surface area contributed by atoms with Crippen LogP contribution < -0.4 is 20.9 Å². The third kappa shape index (κ3) is 7.51. The number of aromatic nitrogens is 2. The van der Waals surface area contributed by atoms with Crippen molar-refractivity contribution in [1.29, 1.82) is 0 Å². The van der Waals surface area contributed by atoms with Crippen molar-refractivity contribution in [3.05, 3.63) is 11.7 Å². The number of amides is 1. The number of hydrogen-bond acceptors (Lipinski definition) is 10. The summed E-state index contributed by atoms with van der Waals surface area (Å²) < 4.78 is 33.7. The molecule has 1 rings (SSSR count). The molecule has 4 atom stereocenters. The van der Waals surface area contributed by atoms with Crippen LogP contribution in [-0.4, -0.2) is 59.5 Å². The Hall–Kier alpha value is -1.58. The van der Waals surface area contributed by atoms with Gasteiger partial charge in [-0.1, -0.05) is 5.16 Å². The summed E-state index contributed by atoms with van der Waals surface area (Å²) in [6, 6.07) is -3.19. The normalized spacial score (nSPS) is 16.5. The second-order valence-corrected chi connectivity index (χ2v) is 8.23. The minimum atomic E-state index is -4.34. The number of hydrogen-bond donors (Lipinski definition) is 5. The van der Waals surface area contributed by atoms with E-state index in [-0.39, 0.29) is 11.7 Å². The first-order valence-electron chi connectivity index (χ1n) is 7.81. The van der Waals surface area contributed by atoms with Crippen molar-refractivity contribution >= 4 is 33.7 Å². The molecular weight excluding hydrogens is 400 g/mol. The van der Waals surface area contributed by atoms with Crippen LogP contribution in [0.15, 0.2) is 4.52 Å². The van der Waals surface area contributed by atoms with Crippen molar-refractivity contribution in [2.24, 2.45) is 11.5 Å². The van der Waals surface area contributed by atoms with E-state index in [1.807, 2.05) is 11.0 Å². The second-order valence-electron chi connectivity index (χ2n) is 5.84. The number of primary amides is 1. The Kier molecular flexibility index (Phi) is 8.77. The molecule has 0 fully saturated rings. The van der Waals surface area contributed by atoms with E-state index in [0.717, 1.165) is 6.92 Å². The van der Waals surface area contributed by atoms with Crippen LogP contribution in [0.1, 0.15) is 44.1 Å². The number of nitrogens with one attached hydrogen (secondary N) is 2. The molecule has 0 radical (unpaired) electrons. The number of thioether (sulfide) groups is 1. The molecule has 154 valence electrons. The molecule has 0 aromatic carbocycles. The first-order valence-corrected chi connectivity index (χ1v) is 10.7. The van der Waals surface area contributed by atoms with E-state index in [1.54, 1.807) is 0 Å². The quantitative estimate of drug-likeness (QED) is 0.252. The number of nitrogens with zero attached hydrogens (tertiary/aromatic N) is 2. The summed E-state index contributed by atoms with van der Waals surface area (Å²) in [4.78, 5) is 26.8. The highest BCUT2D eigenvalue weighted by Gasteiger charge is 2.31. The third-order valence-electron chi connectivity index (χ3n) is 3.34. The Morgan fingerprint density at radius 2 is 2.00 bits per heavy atom. The van der Waals surface area contributed by atoms with Gasteiger partial charge in [0.15, 0.2) is 5.82 Å². The molecule has 0 saturated carbocycles. The van der Waals surface area contributed by atoms with Crippen LogP contribution in [0.2, 0.25) is 0 Å². The van der Waals surface area contributed by atoms with Crippen LogP contribution in [0.4, 0.5) is 0 Å². The summed E-state index contributed by atoms with van der Waals surface area (Å²) in [5.74, 6) is -0.977. The number of aliphatic hydroxyl groups is 1. The van der Waals surface area contributed by atoms with Gasteiger partial charge in [-0.15, -0.1) is 0 Å². The van der Waals surface area contributed by atoms with Crippen LogP contribution in [0.3, 0.4) is 0 Å². The Morgan fingerprint density at radius 1 is 1.37 bits per heavy atom. The molecule has 12 nitrogen and oxygen atoms in total. The van der Waals surface area contributed by atoms with E-state index < -0.39 is 52.6 Å². The molecule has 1 amide bonds. The zero-order valence-electron chi connectivity index (χ0n) is 15.1. The molecule has 7 N–H and O–H groups in total. The molecular formula is C13H24N6O6S2. The van der Waals surface area contributed by atoms with Crippen molar-refractivity contribution < 1.29 is 27.6 Å². The van der Waals surface area contributed by atoms with Crippen molar-refractivity contribution in [3.8, 4) is 0 Å². The minimum Gasteiger partial charge on any atom is -0.391 e. The average molecular weight is 425 g/mol. The molecule has 1 heterocycles. The number of carbonyl (C=O) groups excluding carboxylic acids is 2. The molecule has 0 bridgehead atoms. The zero-order valence-corrected chi connectivity index (χ0v) is 16.7. The highest BCUT2D eigenvalue weighted by molar-refractivity contribution is 7.98. The van der Waals surface area contributed by atoms with Gasteiger partial charge in [-0.25, -0.2) is 0 Å². The molecule has 0 aliphatic rings. The summed E-state index contributed by atoms with van der Waals surface area (Å²) in [5.41, 5.74) is 11.0. The lowest BCUT2D eigenvalue weighted by Gasteiger charge is -2.20. The maximum absolute atomic E-state index is 12.3. The third-order valence-corrected chi connectivity index (χ3v) is 5.19. The molecule has 0 saturated heterocycles. The van der Waals surface area contributed by atoms with Gasteiger partial charge in [0, 0.05) is 5.75 Å². The molecule has 1 aromatic heterocycles. The topological polar surface area (TPSA) is 204 Å². The lowest BCUT2D eigenvalue weighted by Crippen LogP contribution is -2.51. The fourth-order valence-corrected chi connectivity index (χ4v) is 3.92. The molecule has 1 aromatic rings. The van der Waals surface area contributed by atoms with Gasteiger partial charge in [-0.2, -0.15) is 34.6 Å². The van der Waals surface area contributed by atoms with Gasteiger partial charge in [0.2, 0.25) is 11.8 Å². The van der Waals surface area contributed by atoms with Gasteiger partial charge in [-0.05, 0) is 20.1 Å². The van der Waals surface area contributed by atoms with Crippen molar-refractivity contribution in [1.82, 2.24) is 19.6 Å². The monoisotopic (exact) mass is 424 g/mol. The lowest BCUT2D eigenvalue weighted by atomic mass is 10.1. The fraction of sp³-hybridized carbons (Fsp3) is 0.692. The van der Waals surface area contributed by atoms with Crippen LogP contribution in [-0.2, 0) is 19.8 Å². The zero-order chi connectivity index (χ0) is 20.8. The summed E-state index contributed by atoms with van der Waals surface area (Å²) >= 11 is 1.46.